The van der Waals surface area contributed by atoms with E-state index >= 15 is 0 Å². The number of benzene rings is 1. The SMILES string of the molecule is Cc1csc(C(=O)O)c1NC(=O)c1cccc(Br)c1Cl. The molecule has 7 heteroatoms. The maximum absolute atomic E-state index is 12.2. The van der Waals surface area contributed by atoms with Crippen LogP contribution in [0.4, 0.5) is 5.69 Å². The zero-order valence-corrected chi connectivity index (χ0v) is 13.4. The van der Waals surface area contributed by atoms with E-state index in [2.05, 4.69) is 21.2 Å². The quantitative estimate of drug-likeness (QED) is 0.835. The van der Waals surface area contributed by atoms with Crippen molar-refractivity contribution in [2.45, 2.75) is 6.92 Å². The van der Waals surface area contributed by atoms with E-state index < -0.39 is 11.9 Å². The number of amides is 1. The lowest BCUT2D eigenvalue weighted by Crippen LogP contribution is -2.14. The van der Waals surface area contributed by atoms with Crippen molar-refractivity contribution in [3.8, 4) is 0 Å². The van der Waals surface area contributed by atoms with Gasteiger partial charge < -0.3 is 10.4 Å². The topological polar surface area (TPSA) is 66.4 Å². The number of hydrogen-bond acceptors (Lipinski definition) is 3. The molecule has 0 fully saturated rings. The van der Waals surface area contributed by atoms with Gasteiger partial charge in [0.05, 0.1) is 16.3 Å². The first-order chi connectivity index (χ1) is 9.41. The van der Waals surface area contributed by atoms with Crippen molar-refractivity contribution in [3.05, 3.63) is 49.1 Å². The highest BCUT2D eigenvalue weighted by atomic mass is 79.9. The van der Waals surface area contributed by atoms with Crippen molar-refractivity contribution in [3.63, 3.8) is 0 Å². The maximum atomic E-state index is 12.2. The Morgan fingerprint density at radius 2 is 2.10 bits per heavy atom. The van der Waals surface area contributed by atoms with Crippen LogP contribution in [0.3, 0.4) is 0 Å². The van der Waals surface area contributed by atoms with Crippen LogP contribution in [-0.2, 0) is 0 Å². The van der Waals surface area contributed by atoms with E-state index in [0.29, 0.717) is 15.7 Å². The van der Waals surface area contributed by atoms with Gasteiger partial charge in [-0.2, -0.15) is 0 Å². The zero-order valence-electron chi connectivity index (χ0n) is 10.2. The predicted octanol–water partition coefficient (Wildman–Crippen LogP) is 4.42. The van der Waals surface area contributed by atoms with Crippen LogP contribution in [-0.4, -0.2) is 17.0 Å². The fourth-order valence-corrected chi connectivity index (χ4v) is 3.04. The van der Waals surface area contributed by atoms with E-state index in [4.69, 9.17) is 16.7 Å². The molecule has 4 nitrogen and oxygen atoms in total. The molecule has 1 heterocycles. The lowest BCUT2D eigenvalue weighted by Gasteiger charge is -2.08. The summed E-state index contributed by atoms with van der Waals surface area (Å²) in [4.78, 5) is 23.4. The second kappa shape index (κ2) is 5.95. The third-order valence-corrected chi connectivity index (χ3v) is 4.99. The number of rotatable bonds is 3. The molecule has 0 aliphatic carbocycles. The fourth-order valence-electron chi connectivity index (χ4n) is 1.62. The molecule has 1 aromatic carbocycles. The number of aromatic carboxylic acids is 1. The van der Waals surface area contributed by atoms with Crippen LogP contribution >= 0.6 is 38.9 Å². The fraction of sp³-hybridized carbons (Fsp3) is 0.0769. The van der Waals surface area contributed by atoms with Gasteiger partial charge in [-0.1, -0.05) is 17.7 Å². The summed E-state index contributed by atoms with van der Waals surface area (Å²) in [7, 11) is 0. The average Bonchev–Trinajstić information content (AvgIpc) is 2.74. The van der Waals surface area contributed by atoms with Gasteiger partial charge in [0.25, 0.3) is 5.91 Å². The monoisotopic (exact) mass is 373 g/mol. The number of hydrogen-bond donors (Lipinski definition) is 2. The molecule has 0 radical (unpaired) electrons. The Hall–Kier alpha value is -1.37. The summed E-state index contributed by atoms with van der Waals surface area (Å²) in [5, 5.41) is 13.7. The summed E-state index contributed by atoms with van der Waals surface area (Å²) in [6.07, 6.45) is 0. The maximum Gasteiger partial charge on any atom is 0.348 e. The van der Waals surface area contributed by atoms with Crippen LogP contribution in [0.1, 0.15) is 25.6 Å². The van der Waals surface area contributed by atoms with E-state index in [0.717, 1.165) is 11.3 Å². The van der Waals surface area contributed by atoms with Gasteiger partial charge in [0.1, 0.15) is 4.88 Å². The minimum absolute atomic E-state index is 0.0990. The molecule has 2 aromatic rings. The molecule has 1 amide bonds. The number of carbonyl (C=O) groups excluding carboxylic acids is 1. The van der Waals surface area contributed by atoms with Crippen molar-refractivity contribution >= 4 is 56.4 Å². The number of halogens is 2. The smallest absolute Gasteiger partial charge is 0.348 e. The molecular formula is C13H9BrClNO3S. The second-order valence-corrected chi connectivity index (χ2v) is 6.10. The first-order valence-corrected chi connectivity index (χ1v) is 7.53. The molecule has 0 atom stereocenters. The average molecular weight is 375 g/mol. The van der Waals surface area contributed by atoms with Gasteiger partial charge in [0, 0.05) is 4.47 Å². The van der Waals surface area contributed by atoms with Crippen molar-refractivity contribution in [1.29, 1.82) is 0 Å². The van der Waals surface area contributed by atoms with Gasteiger partial charge in [0.15, 0.2) is 0 Å². The molecule has 1 aromatic heterocycles. The minimum atomic E-state index is -1.07. The van der Waals surface area contributed by atoms with Crippen LogP contribution in [0, 0.1) is 6.92 Å². The van der Waals surface area contributed by atoms with Gasteiger partial charge in [-0.3, -0.25) is 4.79 Å². The highest BCUT2D eigenvalue weighted by Gasteiger charge is 2.19. The van der Waals surface area contributed by atoms with E-state index in [1.807, 2.05) is 0 Å². The molecule has 0 saturated carbocycles. The number of aryl methyl sites for hydroxylation is 1. The number of carboxylic acids is 1. The first-order valence-electron chi connectivity index (χ1n) is 5.48. The Morgan fingerprint density at radius 3 is 2.75 bits per heavy atom. The molecule has 0 bridgehead atoms. The van der Waals surface area contributed by atoms with Crippen LogP contribution < -0.4 is 5.32 Å². The normalized spacial score (nSPS) is 10.3. The summed E-state index contributed by atoms with van der Waals surface area (Å²) >= 11 is 10.4. The van der Waals surface area contributed by atoms with Crippen LogP contribution in [0.25, 0.3) is 0 Å². The summed E-state index contributed by atoms with van der Waals surface area (Å²) in [6, 6.07) is 4.98. The Morgan fingerprint density at radius 1 is 1.40 bits per heavy atom. The number of nitrogens with one attached hydrogen (secondary N) is 1. The lowest BCUT2D eigenvalue weighted by atomic mass is 10.2. The summed E-state index contributed by atoms with van der Waals surface area (Å²) in [5.74, 6) is -1.51. The zero-order chi connectivity index (χ0) is 14.9. The molecule has 0 aliphatic rings. The Balaban J connectivity index is 2.35. The van der Waals surface area contributed by atoms with Crippen molar-refractivity contribution in [1.82, 2.24) is 0 Å². The van der Waals surface area contributed by atoms with Gasteiger partial charge in [-0.15, -0.1) is 11.3 Å². The Bertz CT molecular complexity index is 699. The van der Waals surface area contributed by atoms with E-state index in [9.17, 15) is 9.59 Å². The van der Waals surface area contributed by atoms with Gasteiger partial charge in [-0.05, 0) is 45.9 Å². The van der Waals surface area contributed by atoms with Crippen LogP contribution in [0.15, 0.2) is 28.1 Å². The molecule has 0 spiro atoms. The van der Waals surface area contributed by atoms with Gasteiger partial charge >= 0.3 is 5.97 Å². The summed E-state index contributed by atoms with van der Waals surface area (Å²) in [5.41, 5.74) is 1.29. The van der Waals surface area contributed by atoms with Gasteiger partial charge in [0.2, 0.25) is 0 Å². The van der Waals surface area contributed by atoms with Crippen molar-refractivity contribution < 1.29 is 14.7 Å². The standard InChI is InChI=1S/C13H9BrClNO3S/c1-6-5-20-11(13(18)19)10(6)16-12(17)7-3-2-4-8(14)9(7)15/h2-5H,1H3,(H,16,17)(H,18,19). The third-order valence-electron chi connectivity index (χ3n) is 2.60. The molecule has 104 valence electrons. The number of carbonyl (C=O) groups is 2. The summed E-state index contributed by atoms with van der Waals surface area (Å²) in [6.45, 7) is 1.74. The third kappa shape index (κ3) is 2.87. The first kappa shape index (κ1) is 15.0. The molecule has 0 unspecified atom stereocenters. The molecule has 0 aliphatic heterocycles. The van der Waals surface area contributed by atoms with Crippen molar-refractivity contribution in [2.24, 2.45) is 0 Å². The number of thiophene rings is 1. The van der Waals surface area contributed by atoms with Crippen LogP contribution in [0.2, 0.25) is 5.02 Å². The Labute approximate surface area is 132 Å². The highest BCUT2D eigenvalue weighted by molar-refractivity contribution is 9.10. The van der Waals surface area contributed by atoms with E-state index in [-0.39, 0.29) is 15.5 Å². The molecular weight excluding hydrogens is 366 g/mol. The summed E-state index contributed by atoms with van der Waals surface area (Å²) < 4.78 is 0.604. The predicted molar refractivity (Wildman–Crippen MR) is 83.1 cm³/mol. The second-order valence-electron chi connectivity index (χ2n) is 3.98. The minimum Gasteiger partial charge on any atom is -0.477 e. The molecule has 2 rings (SSSR count). The highest BCUT2D eigenvalue weighted by Crippen LogP contribution is 2.30. The Kier molecular flexibility index (Phi) is 4.47. The van der Waals surface area contributed by atoms with Crippen molar-refractivity contribution in [2.75, 3.05) is 5.32 Å². The number of carboxylic acid groups (broad SMARTS) is 1. The van der Waals surface area contributed by atoms with Gasteiger partial charge in [-0.25, -0.2) is 4.79 Å². The molecule has 0 saturated heterocycles. The molecule has 2 N–H and O–H groups in total. The van der Waals surface area contributed by atoms with E-state index in [1.165, 1.54) is 0 Å². The van der Waals surface area contributed by atoms with Crippen LogP contribution in [0.5, 0.6) is 0 Å². The lowest BCUT2D eigenvalue weighted by molar-refractivity contribution is 0.0703. The largest absolute Gasteiger partial charge is 0.477 e. The van der Waals surface area contributed by atoms with E-state index in [1.54, 1.807) is 30.5 Å². The number of anilines is 1. The molecule has 20 heavy (non-hydrogen) atoms.